The highest BCUT2D eigenvalue weighted by Gasteiger charge is 2.21. The van der Waals surface area contributed by atoms with Gasteiger partial charge in [0, 0.05) is 12.5 Å². The van der Waals surface area contributed by atoms with Crippen LogP contribution in [0.3, 0.4) is 0 Å². The van der Waals surface area contributed by atoms with Crippen molar-refractivity contribution in [2.75, 3.05) is 0 Å². The lowest BCUT2D eigenvalue weighted by molar-refractivity contribution is 0.00933. The van der Waals surface area contributed by atoms with Crippen molar-refractivity contribution in [2.24, 2.45) is 5.73 Å². The van der Waals surface area contributed by atoms with Crippen LogP contribution in [0, 0.1) is 0 Å². The van der Waals surface area contributed by atoms with E-state index >= 15 is 0 Å². The number of hydrogen-bond donors (Lipinski definition) is 1. The molecule has 0 aliphatic heterocycles. The maximum Gasteiger partial charge on any atom is 0.245 e. The molecule has 1 nitrogen and oxygen atoms in total. The van der Waals surface area contributed by atoms with E-state index in [4.69, 9.17) is 5.73 Å². The first-order valence-corrected chi connectivity index (χ1v) is 4.70. The first-order chi connectivity index (χ1) is 5.95. The zero-order valence-corrected chi connectivity index (χ0v) is 8.82. The number of alkyl halides is 2. The van der Waals surface area contributed by atoms with Gasteiger partial charge in [-0.15, -0.1) is 6.58 Å². The number of rotatable bonds is 5. The summed E-state index contributed by atoms with van der Waals surface area (Å²) in [7, 11) is 0. The Bertz CT molecular complexity index is 119. The molecule has 0 amide bonds. The average molecular weight is 193 g/mol. The van der Waals surface area contributed by atoms with E-state index in [0.717, 1.165) is 6.92 Å². The molecule has 1 unspecified atom stereocenters. The number of halogens is 2. The van der Waals surface area contributed by atoms with Crippen molar-refractivity contribution in [3.05, 3.63) is 12.7 Å². The highest BCUT2D eigenvalue weighted by Crippen LogP contribution is 2.19. The summed E-state index contributed by atoms with van der Waals surface area (Å²) < 4.78 is 24.5. The second-order valence-electron chi connectivity index (χ2n) is 2.89. The first-order valence-electron chi connectivity index (χ1n) is 4.70. The fraction of sp³-hybridized carbons (Fsp3) is 0.800. The summed E-state index contributed by atoms with van der Waals surface area (Å²) in [5.74, 6) is -2.58. The lowest BCUT2D eigenvalue weighted by Crippen LogP contribution is -2.22. The molecule has 0 radical (unpaired) electrons. The van der Waals surface area contributed by atoms with Gasteiger partial charge in [0.15, 0.2) is 0 Å². The van der Waals surface area contributed by atoms with Gasteiger partial charge < -0.3 is 5.73 Å². The van der Waals surface area contributed by atoms with Crippen molar-refractivity contribution in [2.45, 2.75) is 52.0 Å². The maximum absolute atomic E-state index is 12.2. The van der Waals surface area contributed by atoms with Crippen molar-refractivity contribution >= 4 is 0 Å². The predicted molar refractivity (Wildman–Crippen MR) is 54.0 cm³/mol. The smallest absolute Gasteiger partial charge is 0.245 e. The summed E-state index contributed by atoms with van der Waals surface area (Å²) in [6.45, 7) is 8.39. The molecule has 0 aromatic carbocycles. The molecule has 80 valence electrons. The Kier molecular flexibility index (Phi) is 9.46. The van der Waals surface area contributed by atoms with E-state index < -0.39 is 5.92 Å². The highest BCUT2D eigenvalue weighted by atomic mass is 19.3. The largest absolute Gasteiger partial charge is 0.327 e. The minimum atomic E-state index is -2.58. The third kappa shape index (κ3) is 14.4. The van der Waals surface area contributed by atoms with Gasteiger partial charge in [0.1, 0.15) is 0 Å². The Morgan fingerprint density at radius 3 is 2.23 bits per heavy atom. The van der Waals surface area contributed by atoms with Crippen LogP contribution >= 0.6 is 0 Å². The molecule has 0 spiro atoms. The van der Waals surface area contributed by atoms with Crippen LogP contribution in [0.4, 0.5) is 8.78 Å². The molecular formula is C10H21F2N. The standard InChI is InChI=1S/C8H15F2N.C2H6/c1-3-4-7(11)5-6-8(2,9)10;1-2/h3,7H,1,4-6,11H2,2H3;1-2H3. The van der Waals surface area contributed by atoms with Crippen LogP contribution in [0.15, 0.2) is 12.7 Å². The molecule has 0 aromatic heterocycles. The maximum atomic E-state index is 12.2. The lowest BCUT2D eigenvalue weighted by atomic mass is 10.1. The van der Waals surface area contributed by atoms with Crippen LogP contribution in [0.5, 0.6) is 0 Å². The molecule has 0 aliphatic rings. The minimum Gasteiger partial charge on any atom is -0.327 e. The summed E-state index contributed by atoms with van der Waals surface area (Å²) in [5, 5.41) is 0. The predicted octanol–water partition coefficient (Wildman–Crippen LogP) is 3.35. The van der Waals surface area contributed by atoms with Gasteiger partial charge in [0.25, 0.3) is 0 Å². The Morgan fingerprint density at radius 1 is 1.46 bits per heavy atom. The molecule has 13 heavy (non-hydrogen) atoms. The van der Waals surface area contributed by atoms with Crippen LogP contribution in [0.25, 0.3) is 0 Å². The summed E-state index contributed by atoms with van der Waals surface area (Å²) in [4.78, 5) is 0. The molecule has 0 heterocycles. The van der Waals surface area contributed by atoms with Gasteiger partial charge in [-0.25, -0.2) is 8.78 Å². The van der Waals surface area contributed by atoms with E-state index in [1.165, 1.54) is 0 Å². The second-order valence-corrected chi connectivity index (χ2v) is 2.89. The fourth-order valence-corrected chi connectivity index (χ4v) is 0.771. The van der Waals surface area contributed by atoms with Crippen LogP contribution in [-0.4, -0.2) is 12.0 Å². The molecule has 0 aliphatic carbocycles. The normalized spacial score (nSPS) is 12.8. The molecule has 0 rings (SSSR count). The SMILES string of the molecule is C=CCC(N)CCC(C)(F)F.CC. The van der Waals surface area contributed by atoms with Crippen LogP contribution in [0.1, 0.15) is 40.0 Å². The average Bonchev–Trinajstić information content (AvgIpc) is 2.04. The summed E-state index contributed by atoms with van der Waals surface area (Å²) in [6.07, 6.45) is 2.48. The third-order valence-electron chi connectivity index (χ3n) is 1.42. The van der Waals surface area contributed by atoms with Crippen molar-refractivity contribution in [3.8, 4) is 0 Å². The second kappa shape index (κ2) is 8.17. The Balaban J connectivity index is 0. The molecule has 2 N–H and O–H groups in total. The van der Waals surface area contributed by atoms with Gasteiger partial charge in [-0.2, -0.15) is 0 Å². The lowest BCUT2D eigenvalue weighted by Gasteiger charge is -2.13. The summed E-state index contributed by atoms with van der Waals surface area (Å²) in [5.41, 5.74) is 5.49. The monoisotopic (exact) mass is 193 g/mol. The zero-order valence-electron chi connectivity index (χ0n) is 8.82. The number of nitrogens with two attached hydrogens (primary N) is 1. The van der Waals surface area contributed by atoms with Crippen molar-refractivity contribution in [1.82, 2.24) is 0 Å². The van der Waals surface area contributed by atoms with E-state index in [0.29, 0.717) is 12.8 Å². The van der Waals surface area contributed by atoms with E-state index in [1.807, 2.05) is 13.8 Å². The molecule has 1 atom stereocenters. The third-order valence-corrected chi connectivity index (χ3v) is 1.42. The van der Waals surface area contributed by atoms with Gasteiger partial charge in [0.05, 0.1) is 0 Å². The van der Waals surface area contributed by atoms with Crippen LogP contribution < -0.4 is 5.73 Å². The van der Waals surface area contributed by atoms with Gasteiger partial charge in [-0.05, 0) is 19.8 Å². The van der Waals surface area contributed by atoms with Crippen LogP contribution in [-0.2, 0) is 0 Å². The molecule has 0 fully saturated rings. The van der Waals surface area contributed by atoms with E-state index in [1.54, 1.807) is 6.08 Å². The van der Waals surface area contributed by atoms with Gasteiger partial charge in [0.2, 0.25) is 5.92 Å². The Morgan fingerprint density at radius 2 is 1.92 bits per heavy atom. The van der Waals surface area contributed by atoms with E-state index in [2.05, 4.69) is 6.58 Å². The number of hydrogen-bond acceptors (Lipinski definition) is 1. The highest BCUT2D eigenvalue weighted by molar-refractivity contribution is 4.76. The summed E-state index contributed by atoms with van der Waals surface area (Å²) >= 11 is 0. The van der Waals surface area contributed by atoms with E-state index in [9.17, 15) is 8.78 Å². The van der Waals surface area contributed by atoms with Crippen molar-refractivity contribution in [1.29, 1.82) is 0 Å². The molecule has 0 saturated carbocycles. The quantitative estimate of drug-likeness (QED) is 0.666. The fourth-order valence-electron chi connectivity index (χ4n) is 0.771. The first kappa shape index (κ1) is 15.1. The van der Waals surface area contributed by atoms with E-state index in [-0.39, 0.29) is 12.5 Å². The molecule has 0 bridgehead atoms. The van der Waals surface area contributed by atoms with Crippen molar-refractivity contribution in [3.63, 3.8) is 0 Å². The van der Waals surface area contributed by atoms with Crippen LogP contribution in [0.2, 0.25) is 0 Å². The van der Waals surface area contributed by atoms with Gasteiger partial charge in [-0.1, -0.05) is 19.9 Å². The topological polar surface area (TPSA) is 26.0 Å². The summed E-state index contributed by atoms with van der Waals surface area (Å²) in [6, 6.07) is -0.168. The molecular weight excluding hydrogens is 172 g/mol. The minimum absolute atomic E-state index is 0.137. The Hall–Kier alpha value is -0.440. The molecule has 0 saturated heterocycles. The zero-order chi connectivity index (χ0) is 10.9. The Labute approximate surface area is 80.0 Å². The molecule has 3 heteroatoms. The molecule has 0 aromatic rings. The van der Waals surface area contributed by atoms with Gasteiger partial charge in [-0.3, -0.25) is 0 Å². The van der Waals surface area contributed by atoms with Crippen molar-refractivity contribution < 1.29 is 8.78 Å². The van der Waals surface area contributed by atoms with Gasteiger partial charge >= 0.3 is 0 Å².